The lowest BCUT2D eigenvalue weighted by Crippen LogP contribution is -2.09. The molecule has 3 N–H and O–H groups in total. The number of aliphatic imine (C=N–C) groups is 1. The molecule has 10 heteroatoms. The molecule has 1 amide bonds. The summed E-state index contributed by atoms with van der Waals surface area (Å²) in [6, 6.07) is 18.1. The smallest absolute Gasteiger partial charge is 0.335 e. The molecule has 1 aliphatic heterocycles. The number of halogens is 1. The molecule has 0 aromatic heterocycles. The normalized spacial score (nSPS) is 14.0. The van der Waals surface area contributed by atoms with Gasteiger partial charge in [-0.1, -0.05) is 35.9 Å². The molecule has 0 bridgehead atoms. The lowest BCUT2D eigenvalue weighted by Gasteiger charge is -2.08. The molecule has 3 aromatic rings. The van der Waals surface area contributed by atoms with Crippen LogP contribution in [-0.4, -0.2) is 33.2 Å². The third kappa shape index (κ3) is 6.28. The van der Waals surface area contributed by atoms with E-state index in [0.717, 1.165) is 29.0 Å². The van der Waals surface area contributed by atoms with E-state index in [2.05, 4.69) is 10.3 Å². The Hall–Kier alpha value is -4.08. The van der Waals surface area contributed by atoms with Crippen LogP contribution < -0.4 is 10.1 Å². The topological polar surface area (TPSA) is 125 Å². The van der Waals surface area contributed by atoms with Crippen molar-refractivity contribution < 1.29 is 29.3 Å². The second-order valence-electron chi connectivity index (χ2n) is 7.35. The van der Waals surface area contributed by atoms with Gasteiger partial charge in [0.25, 0.3) is 5.91 Å². The van der Waals surface area contributed by atoms with Crippen molar-refractivity contribution in [1.29, 1.82) is 0 Å². The second kappa shape index (κ2) is 10.5. The van der Waals surface area contributed by atoms with E-state index in [0.29, 0.717) is 22.3 Å². The Morgan fingerprint density at radius 1 is 1.00 bits per heavy atom. The number of hydrogen-bond acceptors (Lipinski definition) is 6. The fourth-order valence-corrected chi connectivity index (χ4v) is 4.09. The maximum absolute atomic E-state index is 12.4. The van der Waals surface area contributed by atoms with Crippen LogP contribution in [0.15, 0.2) is 76.6 Å². The monoisotopic (exact) mass is 508 g/mol. The number of amides is 1. The van der Waals surface area contributed by atoms with Crippen LogP contribution in [0.1, 0.15) is 31.8 Å². The maximum Gasteiger partial charge on any atom is 0.335 e. The molecule has 0 radical (unpaired) electrons. The van der Waals surface area contributed by atoms with Crippen LogP contribution in [0.4, 0.5) is 5.69 Å². The van der Waals surface area contributed by atoms with E-state index < -0.39 is 17.8 Å². The van der Waals surface area contributed by atoms with Gasteiger partial charge in [-0.05, 0) is 71.4 Å². The van der Waals surface area contributed by atoms with Gasteiger partial charge >= 0.3 is 11.9 Å². The van der Waals surface area contributed by atoms with Gasteiger partial charge in [0.05, 0.1) is 16.0 Å². The number of hydrogen-bond donors (Lipinski definition) is 3. The van der Waals surface area contributed by atoms with Crippen LogP contribution in [0.5, 0.6) is 5.75 Å². The van der Waals surface area contributed by atoms with Gasteiger partial charge in [0, 0.05) is 10.7 Å². The molecule has 0 saturated heterocycles. The van der Waals surface area contributed by atoms with Crippen molar-refractivity contribution in [2.75, 3.05) is 5.32 Å². The number of benzene rings is 3. The molecule has 0 spiro atoms. The highest BCUT2D eigenvalue weighted by Gasteiger charge is 2.23. The Labute approximate surface area is 208 Å². The molecule has 1 heterocycles. The number of thioether (sulfide) groups is 1. The summed E-state index contributed by atoms with van der Waals surface area (Å²) in [6.45, 7) is 0.357. The largest absolute Gasteiger partial charge is 0.489 e. The minimum atomic E-state index is -1.27. The fraction of sp³-hybridized carbons (Fsp3) is 0.0400. The molecule has 0 unspecified atom stereocenters. The lowest BCUT2D eigenvalue weighted by atomic mass is 10.1. The number of nitrogens with zero attached hydrogens (tertiary/aromatic N) is 1. The van der Waals surface area contributed by atoms with Crippen molar-refractivity contribution in [2.45, 2.75) is 6.61 Å². The van der Waals surface area contributed by atoms with Crippen LogP contribution in [0.2, 0.25) is 5.02 Å². The van der Waals surface area contributed by atoms with Gasteiger partial charge in [-0.2, -0.15) is 4.99 Å². The second-order valence-corrected chi connectivity index (χ2v) is 8.82. The van der Waals surface area contributed by atoms with Gasteiger partial charge in [0.15, 0.2) is 5.17 Å². The Morgan fingerprint density at radius 2 is 1.69 bits per heavy atom. The first-order chi connectivity index (χ1) is 16.8. The molecule has 1 aliphatic rings. The summed E-state index contributed by atoms with van der Waals surface area (Å²) in [5, 5.41) is 22.1. The average Bonchev–Trinajstić information content (AvgIpc) is 3.16. The standard InChI is InChI=1S/C25H17ClN2O6S/c26-18-6-4-14(5-7-18)13-34-20-3-1-2-15(8-20)9-21-22(29)28-25(35-21)27-19-11-16(23(30)31)10-17(12-19)24(32)33/h1-12H,13H2,(H,30,31)(H,32,33)(H,27,28,29)/b21-9-. The third-order valence-electron chi connectivity index (χ3n) is 4.77. The van der Waals surface area contributed by atoms with E-state index in [9.17, 15) is 24.6 Å². The van der Waals surface area contributed by atoms with Crippen molar-refractivity contribution in [3.05, 3.63) is 98.9 Å². The molecule has 0 fully saturated rings. The van der Waals surface area contributed by atoms with Gasteiger partial charge in [-0.15, -0.1) is 0 Å². The Kier molecular flexibility index (Phi) is 7.19. The zero-order valence-corrected chi connectivity index (χ0v) is 19.5. The number of amidine groups is 1. The highest BCUT2D eigenvalue weighted by molar-refractivity contribution is 8.18. The molecule has 0 atom stereocenters. The summed E-state index contributed by atoms with van der Waals surface area (Å²) in [4.78, 5) is 39.3. The van der Waals surface area contributed by atoms with Crippen LogP contribution in [0.3, 0.4) is 0 Å². The molecule has 0 aliphatic carbocycles. The van der Waals surface area contributed by atoms with Crippen molar-refractivity contribution in [3.63, 3.8) is 0 Å². The van der Waals surface area contributed by atoms with Crippen molar-refractivity contribution in [1.82, 2.24) is 0 Å². The molecule has 176 valence electrons. The van der Waals surface area contributed by atoms with E-state index in [1.807, 2.05) is 18.2 Å². The first-order valence-electron chi connectivity index (χ1n) is 10.2. The maximum atomic E-state index is 12.4. The number of anilines is 1. The van der Waals surface area contributed by atoms with E-state index >= 15 is 0 Å². The number of carbonyl (C=O) groups is 3. The number of carboxylic acids is 2. The minimum absolute atomic E-state index is 0.195. The first kappa shape index (κ1) is 24.1. The number of nitrogens with one attached hydrogen (secondary N) is 1. The lowest BCUT2D eigenvalue weighted by molar-refractivity contribution is -0.113. The van der Waals surface area contributed by atoms with Gasteiger partial charge in [-0.25, -0.2) is 9.59 Å². The first-order valence-corrected chi connectivity index (χ1v) is 11.3. The van der Waals surface area contributed by atoms with E-state index in [1.54, 1.807) is 36.4 Å². The number of carbonyl (C=O) groups excluding carboxylic acids is 1. The highest BCUT2D eigenvalue weighted by Crippen LogP contribution is 2.30. The van der Waals surface area contributed by atoms with Gasteiger partial charge in [0.1, 0.15) is 12.4 Å². The predicted octanol–water partition coefficient (Wildman–Crippen LogP) is 5.40. The summed E-state index contributed by atoms with van der Waals surface area (Å²) in [6.07, 6.45) is 1.66. The van der Waals surface area contributed by atoms with E-state index in [-0.39, 0.29) is 22.0 Å². The third-order valence-corrected chi connectivity index (χ3v) is 5.92. The van der Waals surface area contributed by atoms with Crippen LogP contribution in [-0.2, 0) is 11.4 Å². The van der Waals surface area contributed by atoms with Gasteiger partial charge in [0.2, 0.25) is 0 Å². The van der Waals surface area contributed by atoms with E-state index in [1.165, 1.54) is 12.1 Å². The summed E-state index contributed by atoms with van der Waals surface area (Å²) in [5.74, 6) is -2.40. The quantitative estimate of drug-likeness (QED) is 0.362. The Balaban J connectivity index is 1.45. The zero-order valence-electron chi connectivity index (χ0n) is 17.9. The Bertz CT molecular complexity index is 1350. The van der Waals surface area contributed by atoms with Crippen molar-refractivity contribution in [2.24, 2.45) is 4.99 Å². The molecule has 3 aromatic carbocycles. The molecule has 35 heavy (non-hydrogen) atoms. The van der Waals surface area contributed by atoms with Crippen LogP contribution in [0, 0.1) is 0 Å². The fourth-order valence-electron chi connectivity index (χ4n) is 3.13. The number of carboxylic acid groups (broad SMARTS) is 2. The summed E-state index contributed by atoms with van der Waals surface area (Å²) in [7, 11) is 0. The van der Waals surface area contributed by atoms with E-state index in [4.69, 9.17) is 16.3 Å². The molecule has 4 rings (SSSR count). The van der Waals surface area contributed by atoms with Crippen LogP contribution >= 0.6 is 23.4 Å². The molecule has 8 nitrogen and oxygen atoms in total. The number of rotatable bonds is 7. The predicted molar refractivity (Wildman–Crippen MR) is 134 cm³/mol. The molecular formula is C25H17ClN2O6S. The Morgan fingerprint density at radius 3 is 2.34 bits per heavy atom. The van der Waals surface area contributed by atoms with Gasteiger partial charge < -0.3 is 20.3 Å². The number of aromatic carboxylic acids is 2. The zero-order chi connectivity index (χ0) is 24.9. The minimum Gasteiger partial charge on any atom is -0.489 e. The SMILES string of the molecule is O=C1N=C(Nc2cc(C(=O)O)cc(C(=O)O)c2)S/C1=C\c1cccc(OCc2ccc(Cl)cc2)c1. The molecule has 0 saturated carbocycles. The van der Waals surface area contributed by atoms with Crippen molar-refractivity contribution >= 4 is 58.1 Å². The molecular weight excluding hydrogens is 492 g/mol. The van der Waals surface area contributed by atoms with Crippen LogP contribution in [0.25, 0.3) is 6.08 Å². The summed E-state index contributed by atoms with van der Waals surface area (Å²) < 4.78 is 5.82. The average molecular weight is 509 g/mol. The summed E-state index contributed by atoms with van der Waals surface area (Å²) >= 11 is 6.96. The van der Waals surface area contributed by atoms with Gasteiger partial charge in [-0.3, -0.25) is 4.79 Å². The summed E-state index contributed by atoms with van der Waals surface area (Å²) in [5.41, 5.74) is 1.48. The highest BCUT2D eigenvalue weighted by atomic mass is 35.5. The van der Waals surface area contributed by atoms with Crippen molar-refractivity contribution in [3.8, 4) is 5.75 Å². The number of ether oxygens (including phenoxy) is 1.